The lowest BCUT2D eigenvalue weighted by Crippen LogP contribution is -2.14. The van der Waals surface area contributed by atoms with Gasteiger partial charge in [-0.1, -0.05) is 41.9 Å². The summed E-state index contributed by atoms with van der Waals surface area (Å²) in [7, 11) is 1.55. The summed E-state index contributed by atoms with van der Waals surface area (Å²) >= 11 is 9.65. The Morgan fingerprint density at radius 2 is 1.91 bits per heavy atom. The van der Waals surface area contributed by atoms with Crippen LogP contribution in [0.2, 0.25) is 5.02 Å². The van der Waals surface area contributed by atoms with Crippen molar-refractivity contribution in [2.24, 2.45) is 0 Å². The molecule has 0 saturated heterocycles. The van der Waals surface area contributed by atoms with Crippen LogP contribution in [0.25, 0.3) is 33.3 Å². The second-order valence-electron chi connectivity index (χ2n) is 7.61. The molecular formula is C26H18BrClN2O3. The molecule has 164 valence electrons. The molecule has 0 bridgehead atoms. The number of hydrogen-bond donors (Lipinski definition) is 1. The fourth-order valence-electron chi connectivity index (χ4n) is 3.76. The number of fused-ring (bicyclic) bond motifs is 2. The summed E-state index contributed by atoms with van der Waals surface area (Å²) < 4.78 is 12.2. The molecule has 5 aromatic rings. The zero-order valence-corrected chi connectivity index (χ0v) is 20.1. The topological polar surface area (TPSA) is 64.4 Å². The van der Waals surface area contributed by atoms with Crippen molar-refractivity contribution in [1.82, 2.24) is 4.98 Å². The predicted octanol–water partition coefficient (Wildman–Crippen LogP) is 7.63. The van der Waals surface area contributed by atoms with Crippen LogP contribution in [-0.2, 0) is 0 Å². The van der Waals surface area contributed by atoms with E-state index in [4.69, 9.17) is 20.8 Å². The Morgan fingerprint density at radius 1 is 1.09 bits per heavy atom. The maximum absolute atomic E-state index is 13.3. The maximum atomic E-state index is 13.3. The molecule has 1 amide bonds. The fraction of sp³-hybridized carbons (Fsp3) is 0.0769. The van der Waals surface area contributed by atoms with E-state index in [2.05, 4.69) is 26.2 Å². The summed E-state index contributed by atoms with van der Waals surface area (Å²) in [5.74, 6) is 0.660. The molecular weight excluding hydrogens is 504 g/mol. The van der Waals surface area contributed by atoms with Crippen LogP contribution >= 0.6 is 27.5 Å². The van der Waals surface area contributed by atoms with Gasteiger partial charge in [0.05, 0.1) is 17.1 Å². The molecule has 0 aliphatic carbocycles. The number of carbonyl (C=O) groups excluding carboxylic acids is 1. The van der Waals surface area contributed by atoms with Gasteiger partial charge in [0.15, 0.2) is 5.58 Å². The van der Waals surface area contributed by atoms with Crippen molar-refractivity contribution in [2.45, 2.75) is 6.92 Å². The number of aryl methyl sites for hydroxylation is 1. The SMILES string of the molecule is COc1c(C(=O)Nc2cc(-c3nc4cc(Cl)ccc4o3)ccc2C)cc2ccccc2c1Br. The second kappa shape index (κ2) is 8.54. The van der Waals surface area contributed by atoms with Crippen molar-refractivity contribution in [2.75, 3.05) is 12.4 Å². The molecule has 1 heterocycles. The number of nitrogens with one attached hydrogen (secondary N) is 1. The van der Waals surface area contributed by atoms with Gasteiger partial charge in [-0.2, -0.15) is 0 Å². The van der Waals surface area contributed by atoms with Gasteiger partial charge in [0, 0.05) is 16.3 Å². The third-order valence-electron chi connectivity index (χ3n) is 5.47. The lowest BCUT2D eigenvalue weighted by Gasteiger charge is -2.15. The summed E-state index contributed by atoms with van der Waals surface area (Å²) in [5.41, 5.74) is 4.06. The van der Waals surface area contributed by atoms with E-state index in [1.807, 2.05) is 55.5 Å². The largest absolute Gasteiger partial charge is 0.495 e. The number of amides is 1. The summed E-state index contributed by atoms with van der Waals surface area (Å²) in [6.45, 7) is 1.93. The lowest BCUT2D eigenvalue weighted by atomic mass is 10.0. The predicted molar refractivity (Wildman–Crippen MR) is 135 cm³/mol. The smallest absolute Gasteiger partial charge is 0.259 e. The van der Waals surface area contributed by atoms with E-state index in [9.17, 15) is 4.79 Å². The van der Waals surface area contributed by atoms with Crippen molar-refractivity contribution < 1.29 is 13.9 Å². The van der Waals surface area contributed by atoms with Crippen LogP contribution < -0.4 is 10.1 Å². The van der Waals surface area contributed by atoms with Crippen molar-refractivity contribution in [3.05, 3.63) is 87.4 Å². The molecule has 0 unspecified atom stereocenters. The number of carbonyl (C=O) groups is 1. The van der Waals surface area contributed by atoms with Crippen molar-refractivity contribution in [3.63, 3.8) is 0 Å². The summed E-state index contributed by atoms with van der Waals surface area (Å²) in [6.07, 6.45) is 0. The molecule has 0 spiro atoms. The zero-order chi connectivity index (χ0) is 23.1. The molecule has 5 nitrogen and oxygen atoms in total. The Bertz CT molecular complexity index is 1540. The molecule has 0 atom stereocenters. The first kappa shape index (κ1) is 21.5. The minimum atomic E-state index is -0.275. The molecule has 4 aromatic carbocycles. The normalized spacial score (nSPS) is 11.2. The Labute approximate surface area is 203 Å². The van der Waals surface area contributed by atoms with Crippen molar-refractivity contribution in [3.8, 4) is 17.2 Å². The number of rotatable bonds is 4. The second-order valence-corrected chi connectivity index (χ2v) is 8.84. The molecule has 0 aliphatic rings. The fourth-order valence-corrected chi connectivity index (χ4v) is 4.66. The minimum Gasteiger partial charge on any atom is -0.495 e. The van der Waals surface area contributed by atoms with Gasteiger partial charge < -0.3 is 14.5 Å². The van der Waals surface area contributed by atoms with Crippen LogP contribution in [0.1, 0.15) is 15.9 Å². The highest BCUT2D eigenvalue weighted by atomic mass is 79.9. The van der Waals surface area contributed by atoms with Gasteiger partial charge in [-0.15, -0.1) is 0 Å². The van der Waals surface area contributed by atoms with E-state index in [0.717, 1.165) is 26.4 Å². The van der Waals surface area contributed by atoms with Crippen LogP contribution in [0.4, 0.5) is 5.69 Å². The van der Waals surface area contributed by atoms with Gasteiger partial charge in [0.1, 0.15) is 11.3 Å². The molecule has 7 heteroatoms. The van der Waals surface area contributed by atoms with Crippen LogP contribution in [0.15, 0.2) is 75.6 Å². The van der Waals surface area contributed by atoms with Crippen molar-refractivity contribution in [1.29, 1.82) is 0 Å². The van der Waals surface area contributed by atoms with Gasteiger partial charge in [-0.05, 0) is 75.6 Å². The number of benzene rings is 4. The monoisotopic (exact) mass is 520 g/mol. The summed E-state index contributed by atoms with van der Waals surface area (Å²) in [4.78, 5) is 17.8. The Morgan fingerprint density at radius 3 is 2.73 bits per heavy atom. The third-order valence-corrected chi connectivity index (χ3v) is 6.49. The van der Waals surface area contributed by atoms with E-state index in [1.165, 1.54) is 0 Å². The average molecular weight is 522 g/mol. The quantitative estimate of drug-likeness (QED) is 0.264. The van der Waals surface area contributed by atoms with E-state index in [0.29, 0.717) is 39.0 Å². The Balaban J connectivity index is 1.52. The highest BCUT2D eigenvalue weighted by Gasteiger charge is 2.19. The zero-order valence-electron chi connectivity index (χ0n) is 17.8. The highest BCUT2D eigenvalue weighted by Crippen LogP contribution is 2.37. The highest BCUT2D eigenvalue weighted by molar-refractivity contribution is 9.10. The molecule has 1 N–H and O–H groups in total. The number of hydrogen-bond acceptors (Lipinski definition) is 4. The number of nitrogens with zero attached hydrogens (tertiary/aromatic N) is 1. The molecule has 0 radical (unpaired) electrons. The first-order valence-corrected chi connectivity index (χ1v) is 11.4. The molecule has 1 aromatic heterocycles. The molecule has 0 aliphatic heterocycles. The number of ether oxygens (including phenoxy) is 1. The third kappa shape index (κ3) is 3.96. The number of methoxy groups -OCH3 is 1. The molecule has 33 heavy (non-hydrogen) atoms. The van der Waals surface area contributed by atoms with Crippen molar-refractivity contribution >= 4 is 61.0 Å². The van der Waals surface area contributed by atoms with Crippen LogP contribution in [0.3, 0.4) is 0 Å². The van der Waals surface area contributed by atoms with Gasteiger partial charge in [0.2, 0.25) is 5.89 Å². The molecule has 0 saturated carbocycles. The van der Waals surface area contributed by atoms with Gasteiger partial charge in [0.25, 0.3) is 5.91 Å². The van der Waals surface area contributed by atoms with E-state index < -0.39 is 0 Å². The van der Waals surface area contributed by atoms with Gasteiger partial charge in [-0.3, -0.25) is 4.79 Å². The Kier molecular flexibility index (Phi) is 5.56. The number of anilines is 1. The summed E-state index contributed by atoms with van der Waals surface area (Å²) in [5, 5.41) is 5.52. The van der Waals surface area contributed by atoms with E-state index in [-0.39, 0.29) is 5.91 Å². The maximum Gasteiger partial charge on any atom is 0.259 e. The van der Waals surface area contributed by atoms with Gasteiger partial charge in [-0.25, -0.2) is 4.98 Å². The number of oxazole rings is 1. The first-order chi connectivity index (χ1) is 15.9. The molecule has 0 fully saturated rings. The standard InChI is InChI=1S/C26H18BrClN2O3/c1-14-7-8-16(26-30-21-13-17(28)9-10-22(21)33-26)12-20(14)29-25(31)19-11-15-5-3-4-6-18(15)23(27)24(19)32-2/h3-13H,1-2H3,(H,29,31). The number of aromatic nitrogens is 1. The van der Waals surface area contributed by atoms with Crippen LogP contribution in [-0.4, -0.2) is 18.0 Å². The Hall–Kier alpha value is -3.35. The average Bonchev–Trinajstić information content (AvgIpc) is 3.23. The number of halogens is 2. The first-order valence-electron chi connectivity index (χ1n) is 10.2. The lowest BCUT2D eigenvalue weighted by molar-refractivity contribution is 0.102. The van der Waals surface area contributed by atoms with Gasteiger partial charge >= 0.3 is 0 Å². The van der Waals surface area contributed by atoms with E-state index >= 15 is 0 Å². The molecule has 5 rings (SSSR count). The van der Waals surface area contributed by atoms with Crippen LogP contribution in [0, 0.1) is 6.92 Å². The van der Waals surface area contributed by atoms with E-state index in [1.54, 1.807) is 25.3 Å². The van der Waals surface area contributed by atoms with Crippen LogP contribution in [0.5, 0.6) is 5.75 Å². The minimum absolute atomic E-state index is 0.275. The summed E-state index contributed by atoms with van der Waals surface area (Å²) in [6, 6.07) is 20.6.